The van der Waals surface area contributed by atoms with Crippen molar-refractivity contribution >= 4 is 11.7 Å². The van der Waals surface area contributed by atoms with Gasteiger partial charge in [0.05, 0.1) is 12.1 Å². The van der Waals surface area contributed by atoms with Crippen LogP contribution in [-0.2, 0) is 6.54 Å². The molecule has 0 atom stereocenters. The molecule has 2 aromatic heterocycles. The molecule has 2 heterocycles. The second-order valence-electron chi connectivity index (χ2n) is 3.87. The number of hydrogen-bond acceptors (Lipinski definition) is 6. The largest absolute Gasteiger partial charge is 0.370 e. The van der Waals surface area contributed by atoms with Crippen LogP contribution < -0.4 is 10.6 Å². The summed E-state index contributed by atoms with van der Waals surface area (Å²) in [7, 11) is 0. The van der Waals surface area contributed by atoms with Gasteiger partial charge in [-0.1, -0.05) is 12.1 Å². The summed E-state index contributed by atoms with van der Waals surface area (Å²) in [5.74, 6) is 0.971. The van der Waals surface area contributed by atoms with Gasteiger partial charge in [0.1, 0.15) is 5.82 Å². The Hall–Kier alpha value is -2.51. The number of carbonyl (C=O) groups is 1. The molecule has 2 aromatic rings. The van der Waals surface area contributed by atoms with Crippen LogP contribution in [0.25, 0.3) is 0 Å². The molecule has 0 radical (unpaired) electrons. The number of anilines is 1. The SMILES string of the molecule is CCCNc1ccc(C(=O)NCc2nn[nH]n2)cn1. The van der Waals surface area contributed by atoms with E-state index in [1.807, 2.05) is 0 Å². The maximum absolute atomic E-state index is 11.8. The van der Waals surface area contributed by atoms with E-state index in [1.165, 1.54) is 6.20 Å². The molecule has 0 aromatic carbocycles. The van der Waals surface area contributed by atoms with Gasteiger partial charge in [-0.15, -0.1) is 10.2 Å². The number of aromatic amines is 1. The highest BCUT2D eigenvalue weighted by Gasteiger charge is 2.07. The van der Waals surface area contributed by atoms with E-state index in [2.05, 4.69) is 43.2 Å². The fourth-order valence-electron chi connectivity index (χ4n) is 1.40. The Morgan fingerprint density at radius 1 is 1.42 bits per heavy atom. The van der Waals surface area contributed by atoms with Crippen molar-refractivity contribution in [2.24, 2.45) is 0 Å². The first-order valence-electron chi connectivity index (χ1n) is 6.00. The molecule has 1 amide bonds. The van der Waals surface area contributed by atoms with Gasteiger partial charge in [0, 0.05) is 12.7 Å². The topological polar surface area (TPSA) is 108 Å². The Labute approximate surface area is 110 Å². The molecule has 0 spiro atoms. The van der Waals surface area contributed by atoms with Crippen LogP contribution >= 0.6 is 0 Å². The van der Waals surface area contributed by atoms with Gasteiger partial charge in [-0.05, 0) is 18.6 Å². The van der Waals surface area contributed by atoms with Crippen molar-refractivity contribution in [3.63, 3.8) is 0 Å². The maximum Gasteiger partial charge on any atom is 0.253 e. The lowest BCUT2D eigenvalue weighted by molar-refractivity contribution is 0.0949. The van der Waals surface area contributed by atoms with Crippen molar-refractivity contribution in [2.45, 2.75) is 19.9 Å². The Kier molecular flexibility index (Phi) is 4.38. The van der Waals surface area contributed by atoms with Crippen molar-refractivity contribution in [3.8, 4) is 0 Å². The van der Waals surface area contributed by atoms with Gasteiger partial charge in [-0.25, -0.2) is 4.98 Å². The Balaban J connectivity index is 1.88. The van der Waals surface area contributed by atoms with Crippen LogP contribution in [0.15, 0.2) is 18.3 Å². The average molecular weight is 261 g/mol. The summed E-state index contributed by atoms with van der Waals surface area (Å²) in [5, 5.41) is 19.0. The molecule has 0 bridgehead atoms. The quantitative estimate of drug-likeness (QED) is 0.692. The highest BCUT2D eigenvalue weighted by molar-refractivity contribution is 5.93. The average Bonchev–Trinajstić information content (AvgIpc) is 2.96. The van der Waals surface area contributed by atoms with Gasteiger partial charge in [0.15, 0.2) is 5.82 Å². The number of nitrogens with zero attached hydrogens (tertiary/aromatic N) is 4. The minimum atomic E-state index is -0.223. The fourth-order valence-corrected chi connectivity index (χ4v) is 1.40. The smallest absolute Gasteiger partial charge is 0.253 e. The number of amides is 1. The van der Waals surface area contributed by atoms with E-state index in [-0.39, 0.29) is 12.5 Å². The van der Waals surface area contributed by atoms with E-state index in [9.17, 15) is 4.79 Å². The van der Waals surface area contributed by atoms with E-state index >= 15 is 0 Å². The van der Waals surface area contributed by atoms with Gasteiger partial charge in [0.2, 0.25) is 0 Å². The fraction of sp³-hybridized carbons (Fsp3) is 0.364. The zero-order valence-corrected chi connectivity index (χ0v) is 10.6. The predicted octanol–water partition coefficient (Wildman–Crippen LogP) is 0.347. The van der Waals surface area contributed by atoms with Crippen molar-refractivity contribution in [1.29, 1.82) is 0 Å². The first-order valence-corrected chi connectivity index (χ1v) is 6.00. The van der Waals surface area contributed by atoms with E-state index in [1.54, 1.807) is 12.1 Å². The van der Waals surface area contributed by atoms with Crippen LogP contribution in [0, 0.1) is 0 Å². The lowest BCUT2D eigenvalue weighted by Crippen LogP contribution is -2.23. The summed E-state index contributed by atoms with van der Waals surface area (Å²) in [6, 6.07) is 3.50. The first-order chi connectivity index (χ1) is 9.29. The van der Waals surface area contributed by atoms with Crippen LogP contribution in [0.3, 0.4) is 0 Å². The molecule has 0 aliphatic rings. The van der Waals surface area contributed by atoms with Gasteiger partial charge in [0.25, 0.3) is 5.91 Å². The number of rotatable bonds is 6. The van der Waals surface area contributed by atoms with Gasteiger partial charge >= 0.3 is 0 Å². The number of hydrogen-bond donors (Lipinski definition) is 3. The summed E-state index contributed by atoms with van der Waals surface area (Å²) >= 11 is 0. The minimum absolute atomic E-state index is 0.223. The third-order valence-corrected chi connectivity index (χ3v) is 2.38. The highest BCUT2D eigenvalue weighted by atomic mass is 16.1. The van der Waals surface area contributed by atoms with Crippen molar-refractivity contribution in [3.05, 3.63) is 29.7 Å². The third kappa shape index (κ3) is 3.73. The zero-order chi connectivity index (χ0) is 13.5. The van der Waals surface area contributed by atoms with Crippen LogP contribution in [0.4, 0.5) is 5.82 Å². The van der Waals surface area contributed by atoms with Crippen molar-refractivity contribution in [1.82, 2.24) is 30.9 Å². The molecule has 19 heavy (non-hydrogen) atoms. The normalized spacial score (nSPS) is 10.2. The number of carbonyl (C=O) groups excluding carboxylic acids is 1. The molecule has 100 valence electrons. The second-order valence-corrected chi connectivity index (χ2v) is 3.87. The number of H-pyrrole nitrogens is 1. The summed E-state index contributed by atoms with van der Waals surface area (Å²) in [4.78, 5) is 16.0. The predicted molar refractivity (Wildman–Crippen MR) is 68.4 cm³/mol. The molecule has 2 rings (SSSR count). The summed E-state index contributed by atoms with van der Waals surface area (Å²) in [6.07, 6.45) is 2.55. The van der Waals surface area contributed by atoms with Gasteiger partial charge < -0.3 is 10.6 Å². The van der Waals surface area contributed by atoms with E-state index < -0.39 is 0 Å². The van der Waals surface area contributed by atoms with Gasteiger partial charge in [-0.2, -0.15) is 5.21 Å². The number of aromatic nitrogens is 5. The molecule has 0 aliphatic heterocycles. The van der Waals surface area contributed by atoms with E-state index in [0.717, 1.165) is 18.8 Å². The second kappa shape index (κ2) is 6.43. The molecule has 8 nitrogen and oxygen atoms in total. The zero-order valence-electron chi connectivity index (χ0n) is 10.6. The Bertz CT molecular complexity index is 508. The number of nitrogens with one attached hydrogen (secondary N) is 3. The van der Waals surface area contributed by atoms with Crippen LogP contribution in [0.2, 0.25) is 0 Å². The molecule has 0 saturated carbocycles. The van der Waals surface area contributed by atoms with Gasteiger partial charge in [-0.3, -0.25) is 4.79 Å². The maximum atomic E-state index is 11.8. The number of tetrazole rings is 1. The molecule has 0 saturated heterocycles. The summed E-state index contributed by atoms with van der Waals surface area (Å²) in [6.45, 7) is 3.16. The summed E-state index contributed by atoms with van der Waals surface area (Å²) < 4.78 is 0. The Morgan fingerprint density at radius 3 is 2.95 bits per heavy atom. The van der Waals surface area contributed by atoms with E-state index in [4.69, 9.17) is 0 Å². The molecule has 8 heteroatoms. The summed E-state index contributed by atoms with van der Waals surface area (Å²) in [5.41, 5.74) is 0.491. The lowest BCUT2D eigenvalue weighted by atomic mass is 10.2. The molecule has 0 fully saturated rings. The van der Waals surface area contributed by atoms with Crippen LogP contribution in [0.1, 0.15) is 29.5 Å². The van der Waals surface area contributed by atoms with Crippen LogP contribution in [0.5, 0.6) is 0 Å². The molecule has 0 unspecified atom stereocenters. The monoisotopic (exact) mass is 261 g/mol. The molecular weight excluding hydrogens is 246 g/mol. The number of pyridine rings is 1. The molecular formula is C11H15N7O. The molecule has 0 aliphatic carbocycles. The highest BCUT2D eigenvalue weighted by Crippen LogP contribution is 2.05. The lowest BCUT2D eigenvalue weighted by Gasteiger charge is -2.05. The Morgan fingerprint density at radius 2 is 2.32 bits per heavy atom. The van der Waals surface area contributed by atoms with Crippen LogP contribution in [-0.4, -0.2) is 38.1 Å². The minimum Gasteiger partial charge on any atom is -0.370 e. The standard InChI is InChI=1S/C11H15N7O/c1-2-5-12-9-4-3-8(6-13-9)11(19)14-7-10-15-17-18-16-10/h3-4,6H,2,5,7H2,1H3,(H,12,13)(H,14,19)(H,15,16,17,18). The first kappa shape index (κ1) is 12.9. The van der Waals surface area contributed by atoms with Crippen molar-refractivity contribution < 1.29 is 4.79 Å². The third-order valence-electron chi connectivity index (χ3n) is 2.38. The van der Waals surface area contributed by atoms with Crippen molar-refractivity contribution in [2.75, 3.05) is 11.9 Å². The van der Waals surface area contributed by atoms with E-state index in [0.29, 0.717) is 11.4 Å². The molecule has 3 N–H and O–H groups in total.